The number of aromatic nitrogens is 2. The van der Waals surface area contributed by atoms with Gasteiger partial charge in [-0.1, -0.05) is 23.7 Å². The molecule has 0 aliphatic heterocycles. The van der Waals surface area contributed by atoms with Crippen LogP contribution in [0.3, 0.4) is 0 Å². The number of nitrogens with zero attached hydrogens (tertiary/aromatic N) is 2. The highest BCUT2D eigenvalue weighted by molar-refractivity contribution is 6.29. The SMILES string of the molecule is COc1ccc2cc(OCCOc3cncc(Cl)n3)ccc2c1. The van der Waals surface area contributed by atoms with Gasteiger partial charge in [-0.25, -0.2) is 0 Å². The quantitative estimate of drug-likeness (QED) is 0.644. The summed E-state index contributed by atoms with van der Waals surface area (Å²) in [5.41, 5.74) is 0. The van der Waals surface area contributed by atoms with E-state index in [-0.39, 0.29) is 0 Å². The Kier molecular flexibility index (Phi) is 4.78. The van der Waals surface area contributed by atoms with Gasteiger partial charge in [0.05, 0.1) is 19.5 Å². The summed E-state index contributed by atoms with van der Waals surface area (Å²) in [6, 6.07) is 11.8. The molecule has 0 bridgehead atoms. The molecule has 3 aromatic rings. The minimum Gasteiger partial charge on any atom is -0.497 e. The second-order valence-corrected chi connectivity index (χ2v) is 5.14. The van der Waals surface area contributed by atoms with Crippen molar-refractivity contribution in [3.8, 4) is 17.4 Å². The highest BCUT2D eigenvalue weighted by atomic mass is 35.5. The Bertz CT molecular complexity index is 811. The van der Waals surface area contributed by atoms with Gasteiger partial charge in [-0.3, -0.25) is 4.98 Å². The van der Waals surface area contributed by atoms with Gasteiger partial charge in [0.15, 0.2) is 5.15 Å². The van der Waals surface area contributed by atoms with Crippen molar-refractivity contribution >= 4 is 22.4 Å². The molecule has 0 spiro atoms. The summed E-state index contributed by atoms with van der Waals surface area (Å²) in [6.07, 6.45) is 2.96. The largest absolute Gasteiger partial charge is 0.497 e. The smallest absolute Gasteiger partial charge is 0.233 e. The molecule has 0 unspecified atom stereocenters. The number of benzene rings is 2. The average molecular weight is 331 g/mol. The molecule has 118 valence electrons. The molecule has 0 saturated carbocycles. The van der Waals surface area contributed by atoms with Gasteiger partial charge in [-0.15, -0.1) is 0 Å². The van der Waals surface area contributed by atoms with E-state index >= 15 is 0 Å². The van der Waals surface area contributed by atoms with Crippen LogP contribution in [-0.4, -0.2) is 30.3 Å². The Morgan fingerprint density at radius 2 is 1.61 bits per heavy atom. The molecule has 0 aliphatic carbocycles. The Balaban J connectivity index is 1.57. The first-order chi connectivity index (χ1) is 11.2. The van der Waals surface area contributed by atoms with Crippen LogP contribution in [-0.2, 0) is 0 Å². The van der Waals surface area contributed by atoms with E-state index in [1.54, 1.807) is 7.11 Å². The predicted octanol–water partition coefficient (Wildman–Crippen LogP) is 3.75. The Hall–Kier alpha value is -2.53. The van der Waals surface area contributed by atoms with Crippen molar-refractivity contribution in [3.05, 3.63) is 53.9 Å². The minimum atomic E-state index is 0.299. The van der Waals surface area contributed by atoms with Gasteiger partial charge in [-0.05, 0) is 35.0 Å². The van der Waals surface area contributed by atoms with E-state index in [0.29, 0.717) is 24.2 Å². The number of halogens is 1. The molecule has 6 heteroatoms. The summed E-state index contributed by atoms with van der Waals surface area (Å²) < 4.78 is 16.3. The molecule has 2 aromatic carbocycles. The Morgan fingerprint density at radius 3 is 2.35 bits per heavy atom. The van der Waals surface area contributed by atoms with Crippen molar-refractivity contribution in [2.75, 3.05) is 20.3 Å². The fourth-order valence-electron chi connectivity index (χ4n) is 2.12. The maximum Gasteiger partial charge on any atom is 0.233 e. The maximum atomic E-state index is 5.74. The van der Waals surface area contributed by atoms with Crippen molar-refractivity contribution in [2.45, 2.75) is 0 Å². The molecule has 23 heavy (non-hydrogen) atoms. The van der Waals surface area contributed by atoms with Crippen molar-refractivity contribution in [2.24, 2.45) is 0 Å². The molecule has 1 heterocycles. The molecule has 0 N–H and O–H groups in total. The first kappa shape index (κ1) is 15.4. The van der Waals surface area contributed by atoms with Gasteiger partial charge in [0.2, 0.25) is 5.88 Å². The molecule has 0 atom stereocenters. The van der Waals surface area contributed by atoms with Gasteiger partial charge in [0.25, 0.3) is 0 Å². The van der Waals surface area contributed by atoms with E-state index in [2.05, 4.69) is 9.97 Å². The molecule has 3 rings (SSSR count). The van der Waals surface area contributed by atoms with Crippen LogP contribution >= 0.6 is 11.6 Å². The lowest BCUT2D eigenvalue weighted by atomic mass is 10.1. The van der Waals surface area contributed by atoms with E-state index in [9.17, 15) is 0 Å². The average Bonchev–Trinajstić information content (AvgIpc) is 2.58. The van der Waals surface area contributed by atoms with E-state index in [0.717, 1.165) is 22.3 Å². The zero-order valence-corrected chi connectivity index (χ0v) is 13.3. The van der Waals surface area contributed by atoms with Gasteiger partial charge in [-0.2, -0.15) is 4.98 Å². The lowest BCUT2D eigenvalue weighted by Crippen LogP contribution is -2.09. The summed E-state index contributed by atoms with van der Waals surface area (Å²) >= 11 is 5.74. The Morgan fingerprint density at radius 1 is 0.913 bits per heavy atom. The number of ether oxygens (including phenoxy) is 3. The predicted molar refractivity (Wildman–Crippen MR) is 88.5 cm³/mol. The molecule has 0 fully saturated rings. The fourth-order valence-corrected chi connectivity index (χ4v) is 2.26. The zero-order valence-electron chi connectivity index (χ0n) is 12.5. The second-order valence-electron chi connectivity index (χ2n) is 4.75. The standard InChI is InChI=1S/C17H15ClN2O3/c1-21-14-4-2-13-9-15(5-3-12(13)8-14)22-6-7-23-17-11-19-10-16(18)20-17/h2-5,8-11H,6-7H2,1H3. The molecule has 0 radical (unpaired) electrons. The lowest BCUT2D eigenvalue weighted by molar-refractivity contribution is 0.211. The fraction of sp³-hybridized carbons (Fsp3) is 0.176. The van der Waals surface area contributed by atoms with Crippen molar-refractivity contribution < 1.29 is 14.2 Å². The normalized spacial score (nSPS) is 10.5. The van der Waals surface area contributed by atoms with E-state index in [1.165, 1.54) is 12.4 Å². The number of methoxy groups -OCH3 is 1. The topological polar surface area (TPSA) is 53.5 Å². The monoisotopic (exact) mass is 330 g/mol. The van der Waals surface area contributed by atoms with Crippen LogP contribution in [0.1, 0.15) is 0 Å². The van der Waals surface area contributed by atoms with Crippen LogP contribution in [0.4, 0.5) is 0 Å². The van der Waals surface area contributed by atoms with Gasteiger partial charge < -0.3 is 14.2 Å². The highest BCUT2D eigenvalue weighted by Crippen LogP contribution is 2.24. The van der Waals surface area contributed by atoms with E-state index in [4.69, 9.17) is 25.8 Å². The molecule has 5 nitrogen and oxygen atoms in total. The third-order valence-corrected chi connectivity index (χ3v) is 3.39. The zero-order chi connectivity index (χ0) is 16.1. The molecule has 1 aromatic heterocycles. The summed E-state index contributed by atoms with van der Waals surface area (Å²) in [4.78, 5) is 7.89. The third-order valence-electron chi connectivity index (χ3n) is 3.20. The second kappa shape index (κ2) is 7.15. The van der Waals surface area contributed by atoms with Crippen LogP contribution in [0.2, 0.25) is 5.15 Å². The molecular weight excluding hydrogens is 316 g/mol. The number of hydrogen-bond donors (Lipinski definition) is 0. The van der Waals surface area contributed by atoms with Crippen molar-refractivity contribution in [1.29, 1.82) is 0 Å². The van der Waals surface area contributed by atoms with Crippen LogP contribution in [0.15, 0.2) is 48.8 Å². The van der Waals surface area contributed by atoms with Crippen molar-refractivity contribution in [3.63, 3.8) is 0 Å². The third kappa shape index (κ3) is 4.02. The van der Waals surface area contributed by atoms with Gasteiger partial charge >= 0.3 is 0 Å². The number of hydrogen-bond acceptors (Lipinski definition) is 5. The lowest BCUT2D eigenvalue weighted by Gasteiger charge is -2.09. The summed E-state index contributed by atoms with van der Waals surface area (Å²) in [6.45, 7) is 0.755. The molecule has 0 aliphatic rings. The summed E-state index contributed by atoms with van der Waals surface area (Å²) in [5, 5.41) is 2.49. The first-order valence-electron chi connectivity index (χ1n) is 7.05. The van der Waals surface area contributed by atoms with Crippen LogP contribution < -0.4 is 14.2 Å². The van der Waals surface area contributed by atoms with Crippen LogP contribution in [0, 0.1) is 0 Å². The number of rotatable bonds is 6. The maximum absolute atomic E-state index is 5.74. The van der Waals surface area contributed by atoms with Gasteiger partial charge in [0.1, 0.15) is 24.7 Å². The molecular formula is C17H15ClN2O3. The highest BCUT2D eigenvalue weighted by Gasteiger charge is 2.01. The molecule has 0 saturated heterocycles. The van der Waals surface area contributed by atoms with Crippen LogP contribution in [0.5, 0.6) is 17.4 Å². The van der Waals surface area contributed by atoms with Crippen LogP contribution in [0.25, 0.3) is 10.8 Å². The van der Waals surface area contributed by atoms with Gasteiger partial charge in [0, 0.05) is 0 Å². The summed E-state index contributed by atoms with van der Waals surface area (Å²) in [5.74, 6) is 2.00. The first-order valence-corrected chi connectivity index (χ1v) is 7.43. The van der Waals surface area contributed by atoms with Crippen molar-refractivity contribution in [1.82, 2.24) is 9.97 Å². The number of fused-ring (bicyclic) bond motifs is 1. The minimum absolute atomic E-state index is 0.299. The molecule has 0 amide bonds. The summed E-state index contributed by atoms with van der Waals surface area (Å²) in [7, 11) is 1.66. The van der Waals surface area contributed by atoms with E-state index < -0.39 is 0 Å². The Labute approximate surface area is 138 Å². The van der Waals surface area contributed by atoms with E-state index in [1.807, 2.05) is 36.4 Å².